The van der Waals surface area contributed by atoms with Crippen molar-refractivity contribution in [3.05, 3.63) is 28.5 Å². The van der Waals surface area contributed by atoms with Gasteiger partial charge in [0.05, 0.1) is 5.57 Å². The molecule has 2 rings (SSSR count). The van der Waals surface area contributed by atoms with E-state index in [2.05, 4.69) is 0 Å². The quantitative estimate of drug-likeness (QED) is 0.810. The van der Waals surface area contributed by atoms with Crippen LogP contribution in [-0.2, 0) is 4.79 Å². The van der Waals surface area contributed by atoms with Crippen molar-refractivity contribution in [2.24, 2.45) is 5.92 Å². The molecule has 0 unspecified atom stereocenters. The summed E-state index contributed by atoms with van der Waals surface area (Å²) in [4.78, 5) is 12.1. The minimum Gasteiger partial charge on any atom is -0.478 e. The summed E-state index contributed by atoms with van der Waals surface area (Å²) in [5.41, 5.74) is 0.488. The largest absolute Gasteiger partial charge is 0.478 e. The first-order valence-corrected chi connectivity index (χ1v) is 6.64. The van der Waals surface area contributed by atoms with E-state index >= 15 is 0 Å². The normalized spacial score (nSPS) is 18.6. The molecule has 1 aromatic heterocycles. The molecule has 0 saturated heterocycles. The zero-order chi connectivity index (χ0) is 11.4. The van der Waals surface area contributed by atoms with Crippen molar-refractivity contribution in [2.75, 3.05) is 0 Å². The van der Waals surface area contributed by atoms with E-state index in [1.807, 2.05) is 23.6 Å². The van der Waals surface area contributed by atoms with Gasteiger partial charge in [0, 0.05) is 4.88 Å². The van der Waals surface area contributed by atoms with Crippen molar-refractivity contribution in [2.45, 2.75) is 32.1 Å². The highest BCUT2D eigenvalue weighted by Crippen LogP contribution is 2.29. The number of carbonyl (C=O) groups is 1. The fourth-order valence-corrected chi connectivity index (χ4v) is 2.97. The van der Waals surface area contributed by atoms with E-state index in [0.29, 0.717) is 11.5 Å². The van der Waals surface area contributed by atoms with Crippen molar-refractivity contribution in [1.82, 2.24) is 0 Å². The van der Waals surface area contributed by atoms with Gasteiger partial charge >= 0.3 is 5.97 Å². The minimum atomic E-state index is -0.798. The molecule has 0 aliphatic heterocycles. The molecule has 1 fully saturated rings. The predicted molar refractivity (Wildman–Crippen MR) is 66.5 cm³/mol. The standard InChI is InChI=1S/C13H16O2S/c14-13(15)11(12-7-4-8-16-12)9-10-5-2-1-3-6-10/h4,7-10H,1-3,5-6H2,(H,14,15). The van der Waals surface area contributed by atoms with Crippen LogP contribution >= 0.6 is 11.3 Å². The summed E-state index contributed by atoms with van der Waals surface area (Å²) >= 11 is 1.50. The number of carboxylic acid groups (broad SMARTS) is 1. The highest BCUT2D eigenvalue weighted by atomic mass is 32.1. The number of hydrogen-bond donors (Lipinski definition) is 1. The van der Waals surface area contributed by atoms with Gasteiger partial charge in [-0.25, -0.2) is 4.79 Å². The van der Waals surface area contributed by atoms with Gasteiger partial charge in [-0.05, 0) is 30.2 Å². The average molecular weight is 236 g/mol. The van der Waals surface area contributed by atoms with E-state index in [0.717, 1.165) is 17.7 Å². The second kappa shape index (κ2) is 5.30. The van der Waals surface area contributed by atoms with Crippen LogP contribution in [0.1, 0.15) is 37.0 Å². The first kappa shape index (κ1) is 11.4. The molecule has 0 atom stereocenters. The molecule has 1 aromatic rings. The van der Waals surface area contributed by atoms with E-state index in [-0.39, 0.29) is 0 Å². The molecule has 1 saturated carbocycles. The molecular weight excluding hydrogens is 220 g/mol. The zero-order valence-electron chi connectivity index (χ0n) is 9.19. The van der Waals surface area contributed by atoms with Crippen LogP contribution in [0.3, 0.4) is 0 Å². The zero-order valence-corrected chi connectivity index (χ0v) is 10.0. The van der Waals surface area contributed by atoms with Gasteiger partial charge < -0.3 is 5.11 Å². The molecule has 1 aliphatic rings. The van der Waals surface area contributed by atoms with Gasteiger partial charge in [-0.3, -0.25) is 0 Å². The number of rotatable bonds is 3. The Kier molecular flexibility index (Phi) is 3.78. The molecule has 0 radical (unpaired) electrons. The maximum absolute atomic E-state index is 11.2. The Labute approximate surface area is 99.6 Å². The molecule has 16 heavy (non-hydrogen) atoms. The molecule has 86 valence electrons. The second-order valence-electron chi connectivity index (χ2n) is 4.26. The summed E-state index contributed by atoms with van der Waals surface area (Å²) in [7, 11) is 0. The number of allylic oxidation sites excluding steroid dienone is 1. The minimum absolute atomic E-state index is 0.460. The molecule has 1 heterocycles. The first-order valence-electron chi connectivity index (χ1n) is 5.76. The lowest BCUT2D eigenvalue weighted by Crippen LogP contribution is -2.06. The van der Waals surface area contributed by atoms with Crippen LogP contribution in [0.15, 0.2) is 23.6 Å². The Morgan fingerprint density at radius 1 is 1.38 bits per heavy atom. The lowest BCUT2D eigenvalue weighted by atomic mass is 9.87. The molecular formula is C13H16O2S. The van der Waals surface area contributed by atoms with Crippen LogP contribution < -0.4 is 0 Å². The van der Waals surface area contributed by atoms with Crippen LogP contribution in [0, 0.1) is 5.92 Å². The van der Waals surface area contributed by atoms with E-state index in [1.54, 1.807) is 0 Å². The van der Waals surface area contributed by atoms with Crippen LogP contribution in [0.25, 0.3) is 5.57 Å². The van der Waals surface area contributed by atoms with Gasteiger partial charge in [0.2, 0.25) is 0 Å². The second-order valence-corrected chi connectivity index (χ2v) is 5.21. The molecule has 1 aliphatic carbocycles. The Bertz CT molecular complexity index is 373. The highest BCUT2D eigenvalue weighted by Gasteiger charge is 2.16. The van der Waals surface area contributed by atoms with Crippen molar-refractivity contribution < 1.29 is 9.90 Å². The Balaban J connectivity index is 2.18. The topological polar surface area (TPSA) is 37.3 Å². The van der Waals surface area contributed by atoms with Gasteiger partial charge in [0.25, 0.3) is 0 Å². The molecule has 0 spiro atoms. The number of aliphatic carboxylic acids is 1. The third-order valence-electron chi connectivity index (χ3n) is 3.07. The van der Waals surface area contributed by atoms with Crippen LogP contribution in [0.4, 0.5) is 0 Å². The maximum Gasteiger partial charge on any atom is 0.336 e. The van der Waals surface area contributed by atoms with E-state index in [4.69, 9.17) is 0 Å². The van der Waals surface area contributed by atoms with Crippen LogP contribution in [-0.4, -0.2) is 11.1 Å². The van der Waals surface area contributed by atoms with Gasteiger partial charge in [0.1, 0.15) is 0 Å². The fraction of sp³-hybridized carbons (Fsp3) is 0.462. The van der Waals surface area contributed by atoms with Crippen molar-refractivity contribution in [1.29, 1.82) is 0 Å². The third kappa shape index (κ3) is 2.73. The van der Waals surface area contributed by atoms with Crippen LogP contribution in [0.5, 0.6) is 0 Å². The van der Waals surface area contributed by atoms with Gasteiger partial charge in [0.15, 0.2) is 0 Å². The van der Waals surface area contributed by atoms with E-state index < -0.39 is 5.97 Å². The maximum atomic E-state index is 11.2. The Hall–Kier alpha value is -1.09. The van der Waals surface area contributed by atoms with Gasteiger partial charge in [-0.1, -0.05) is 31.4 Å². The summed E-state index contributed by atoms with van der Waals surface area (Å²) in [5, 5.41) is 11.1. The molecule has 0 amide bonds. The Morgan fingerprint density at radius 2 is 2.12 bits per heavy atom. The van der Waals surface area contributed by atoms with Crippen molar-refractivity contribution in [3.8, 4) is 0 Å². The van der Waals surface area contributed by atoms with Gasteiger partial charge in [-0.2, -0.15) is 0 Å². The summed E-state index contributed by atoms with van der Waals surface area (Å²) in [5.74, 6) is -0.338. The molecule has 0 aromatic carbocycles. The van der Waals surface area contributed by atoms with E-state index in [1.165, 1.54) is 30.6 Å². The SMILES string of the molecule is O=C(O)C(=CC1CCCCC1)c1cccs1. The highest BCUT2D eigenvalue weighted by molar-refractivity contribution is 7.11. The number of hydrogen-bond acceptors (Lipinski definition) is 2. The molecule has 1 N–H and O–H groups in total. The van der Waals surface area contributed by atoms with Crippen molar-refractivity contribution >= 4 is 22.9 Å². The van der Waals surface area contributed by atoms with Crippen LogP contribution in [0.2, 0.25) is 0 Å². The lowest BCUT2D eigenvalue weighted by Gasteiger charge is -2.18. The van der Waals surface area contributed by atoms with Crippen molar-refractivity contribution in [3.63, 3.8) is 0 Å². The molecule has 3 heteroatoms. The summed E-state index contributed by atoms with van der Waals surface area (Å²) in [6, 6.07) is 3.78. The number of thiophene rings is 1. The first-order chi connectivity index (χ1) is 7.77. The fourth-order valence-electron chi connectivity index (χ4n) is 2.23. The summed E-state index contributed by atoms with van der Waals surface area (Å²) in [6.45, 7) is 0. The molecule has 0 bridgehead atoms. The lowest BCUT2D eigenvalue weighted by molar-refractivity contribution is -0.130. The summed E-state index contributed by atoms with van der Waals surface area (Å²) in [6.07, 6.45) is 8.01. The average Bonchev–Trinajstić information content (AvgIpc) is 2.80. The third-order valence-corrected chi connectivity index (χ3v) is 3.97. The smallest absolute Gasteiger partial charge is 0.336 e. The molecule has 2 nitrogen and oxygen atoms in total. The predicted octanol–water partition coefficient (Wildman–Crippen LogP) is 3.80. The number of carboxylic acids is 1. The monoisotopic (exact) mass is 236 g/mol. The Morgan fingerprint density at radius 3 is 2.69 bits per heavy atom. The van der Waals surface area contributed by atoms with Gasteiger partial charge in [-0.15, -0.1) is 11.3 Å². The summed E-state index contributed by atoms with van der Waals surface area (Å²) < 4.78 is 0. The van der Waals surface area contributed by atoms with E-state index in [9.17, 15) is 9.90 Å².